The van der Waals surface area contributed by atoms with Crippen molar-refractivity contribution >= 4 is 10.9 Å². The Morgan fingerprint density at radius 2 is 1.84 bits per heavy atom. The quantitative estimate of drug-likeness (QED) is 0.467. The van der Waals surface area contributed by atoms with Gasteiger partial charge in [0.15, 0.2) is 0 Å². The molecule has 1 aromatic carbocycles. The van der Waals surface area contributed by atoms with E-state index in [1.165, 1.54) is 28.0 Å². The molecule has 0 spiro atoms. The summed E-state index contributed by atoms with van der Waals surface area (Å²) in [4.78, 5) is 20.1. The number of halogens is 3. The van der Waals surface area contributed by atoms with Gasteiger partial charge in [0, 0.05) is 60.1 Å². The molecule has 1 aliphatic heterocycles. The molecule has 0 atom stereocenters. The van der Waals surface area contributed by atoms with Crippen LogP contribution in [0.2, 0.25) is 0 Å². The summed E-state index contributed by atoms with van der Waals surface area (Å²) < 4.78 is 39.7. The van der Waals surface area contributed by atoms with Crippen LogP contribution in [0.5, 0.6) is 0 Å². The number of rotatable bonds is 2. The zero-order chi connectivity index (χ0) is 22.5. The Balaban J connectivity index is 1.47. The number of fused-ring (bicyclic) bond motifs is 3. The summed E-state index contributed by atoms with van der Waals surface area (Å²) in [5.74, 6) is 5.94. The monoisotopic (exact) mass is 439 g/mol. The predicted octanol–water partition coefficient (Wildman–Crippen LogP) is 3.67. The minimum absolute atomic E-state index is 0.296. The third-order valence-electron chi connectivity index (χ3n) is 5.86. The maximum Gasteiger partial charge on any atom is 0.417 e. The van der Waals surface area contributed by atoms with Crippen molar-refractivity contribution in [3.05, 3.63) is 82.0 Å². The molecule has 0 amide bonds. The summed E-state index contributed by atoms with van der Waals surface area (Å²) in [5.41, 5.74) is 3.72. The number of aromatic amines is 1. The van der Waals surface area contributed by atoms with Gasteiger partial charge in [-0.2, -0.15) is 13.2 Å². The van der Waals surface area contributed by atoms with Gasteiger partial charge in [-0.25, -0.2) is 5.01 Å². The third kappa shape index (κ3) is 3.69. The van der Waals surface area contributed by atoms with Gasteiger partial charge in [-0.05, 0) is 42.3 Å². The average molecular weight is 439 g/mol. The zero-order valence-corrected chi connectivity index (χ0v) is 17.0. The molecule has 0 aliphatic carbocycles. The molecule has 6 nitrogen and oxygen atoms in total. The highest BCUT2D eigenvalue weighted by atomic mass is 19.4. The van der Waals surface area contributed by atoms with Crippen molar-refractivity contribution in [1.29, 1.82) is 0 Å². The van der Waals surface area contributed by atoms with Crippen molar-refractivity contribution in [1.82, 2.24) is 19.5 Å². The number of nitrogens with zero attached hydrogens (tertiary/aromatic N) is 3. The van der Waals surface area contributed by atoms with Crippen molar-refractivity contribution in [2.45, 2.75) is 19.0 Å². The zero-order valence-electron chi connectivity index (χ0n) is 17.0. The minimum atomic E-state index is -4.45. The smallest absolute Gasteiger partial charge is 0.358 e. The summed E-state index contributed by atoms with van der Waals surface area (Å²) >= 11 is 0. The molecule has 4 aromatic rings. The third-order valence-corrected chi connectivity index (χ3v) is 5.86. The van der Waals surface area contributed by atoms with Crippen LogP contribution < -0.4 is 11.4 Å². The lowest BCUT2D eigenvalue weighted by Crippen LogP contribution is -2.33. The van der Waals surface area contributed by atoms with E-state index in [2.05, 4.69) is 9.97 Å². The Hall–Kier alpha value is -3.43. The first-order valence-corrected chi connectivity index (χ1v) is 10.2. The van der Waals surface area contributed by atoms with Crippen molar-refractivity contribution in [2.75, 3.05) is 13.1 Å². The van der Waals surface area contributed by atoms with Crippen LogP contribution in [0.15, 0.2) is 59.7 Å². The molecule has 0 radical (unpaired) electrons. The van der Waals surface area contributed by atoms with Crippen molar-refractivity contribution in [3.8, 4) is 16.9 Å². The Bertz CT molecular complexity index is 1360. The van der Waals surface area contributed by atoms with Gasteiger partial charge in [0.1, 0.15) is 0 Å². The summed E-state index contributed by atoms with van der Waals surface area (Å²) in [6, 6.07) is 11.1. The molecule has 4 heterocycles. The lowest BCUT2D eigenvalue weighted by Gasteiger charge is -2.11. The Kier molecular flexibility index (Phi) is 4.87. The fraction of sp³-hybridized carbons (Fsp3) is 0.217. The van der Waals surface area contributed by atoms with Gasteiger partial charge in [0.05, 0.1) is 16.9 Å². The van der Waals surface area contributed by atoms with Gasteiger partial charge in [0.25, 0.3) is 5.56 Å². The van der Waals surface area contributed by atoms with Crippen LogP contribution in [0.25, 0.3) is 27.8 Å². The highest BCUT2D eigenvalue weighted by Gasteiger charge is 2.30. The Labute approximate surface area is 181 Å². The molecule has 0 fully saturated rings. The Morgan fingerprint density at radius 3 is 2.56 bits per heavy atom. The number of H-pyrrole nitrogens is 1. The van der Waals surface area contributed by atoms with E-state index in [0.29, 0.717) is 16.9 Å². The second-order valence-corrected chi connectivity index (χ2v) is 7.90. The van der Waals surface area contributed by atoms with E-state index in [1.807, 2.05) is 23.2 Å². The van der Waals surface area contributed by atoms with Crippen LogP contribution in [-0.2, 0) is 19.0 Å². The normalized spacial score (nSPS) is 15.0. The number of hydrogen-bond acceptors (Lipinski definition) is 4. The summed E-state index contributed by atoms with van der Waals surface area (Å²) in [7, 11) is 0. The topological polar surface area (TPSA) is 79.9 Å². The molecule has 0 bridgehead atoms. The second-order valence-electron chi connectivity index (χ2n) is 7.90. The standard InChI is InChI=1S/C23H20F3N5O/c24-23(25,26)15-1-4-19(28-13-15)14-5-10-31(22(32)11-14)16-2-3-17-18-6-8-30(27)9-7-20(18)29-21(17)12-16/h1-5,10-13,29H,6-9,27H2. The van der Waals surface area contributed by atoms with Crippen LogP contribution in [0.3, 0.4) is 0 Å². The lowest BCUT2D eigenvalue weighted by atomic mass is 10.1. The van der Waals surface area contributed by atoms with E-state index in [-0.39, 0.29) is 5.56 Å². The van der Waals surface area contributed by atoms with Crippen LogP contribution in [0.4, 0.5) is 13.2 Å². The molecule has 9 heteroatoms. The SMILES string of the molecule is NN1CCc2[nH]c3cc(-n4ccc(-c5ccc(C(F)(F)F)cn5)cc4=O)ccc3c2CC1. The van der Waals surface area contributed by atoms with Crippen molar-refractivity contribution < 1.29 is 13.2 Å². The number of hydrazine groups is 1. The second kappa shape index (κ2) is 7.61. The molecule has 3 aromatic heterocycles. The van der Waals surface area contributed by atoms with Gasteiger partial charge in [0.2, 0.25) is 0 Å². The van der Waals surface area contributed by atoms with Crippen molar-refractivity contribution in [3.63, 3.8) is 0 Å². The lowest BCUT2D eigenvalue weighted by molar-refractivity contribution is -0.137. The number of aromatic nitrogens is 3. The highest BCUT2D eigenvalue weighted by molar-refractivity contribution is 5.86. The molecule has 32 heavy (non-hydrogen) atoms. The number of pyridine rings is 2. The largest absolute Gasteiger partial charge is 0.417 e. The van der Waals surface area contributed by atoms with E-state index in [1.54, 1.807) is 12.3 Å². The highest BCUT2D eigenvalue weighted by Crippen LogP contribution is 2.30. The number of hydrogen-bond donors (Lipinski definition) is 2. The molecular weight excluding hydrogens is 419 g/mol. The summed E-state index contributed by atoms with van der Waals surface area (Å²) in [6.45, 7) is 1.58. The molecule has 1 aliphatic rings. The fourth-order valence-corrected chi connectivity index (χ4v) is 4.15. The van der Waals surface area contributed by atoms with E-state index in [9.17, 15) is 18.0 Å². The first-order valence-electron chi connectivity index (χ1n) is 10.2. The molecule has 0 unspecified atom stereocenters. The minimum Gasteiger partial charge on any atom is -0.358 e. The molecule has 5 rings (SSSR count). The van der Waals surface area contributed by atoms with E-state index < -0.39 is 11.7 Å². The van der Waals surface area contributed by atoms with Crippen LogP contribution in [-0.4, -0.2) is 32.6 Å². The number of alkyl halides is 3. The van der Waals surface area contributed by atoms with Gasteiger partial charge < -0.3 is 4.98 Å². The first kappa shape index (κ1) is 20.5. The summed E-state index contributed by atoms with van der Waals surface area (Å²) in [6.07, 6.45) is -0.371. The number of nitrogens with two attached hydrogens (primary N) is 1. The van der Waals surface area contributed by atoms with Gasteiger partial charge in [-0.15, -0.1) is 0 Å². The van der Waals surface area contributed by atoms with Crippen LogP contribution in [0.1, 0.15) is 16.8 Å². The maximum absolute atomic E-state index is 12.8. The van der Waals surface area contributed by atoms with Crippen molar-refractivity contribution in [2.24, 2.45) is 5.84 Å². The summed E-state index contributed by atoms with van der Waals surface area (Å²) in [5, 5.41) is 2.94. The first-order chi connectivity index (χ1) is 15.3. The number of benzene rings is 1. The maximum atomic E-state index is 12.8. The van der Waals surface area contributed by atoms with Crippen LogP contribution >= 0.6 is 0 Å². The number of nitrogens with one attached hydrogen (secondary N) is 1. The molecule has 0 saturated heterocycles. The molecule has 164 valence electrons. The molecule has 0 saturated carbocycles. The van der Waals surface area contributed by atoms with Gasteiger partial charge in [-0.1, -0.05) is 6.07 Å². The van der Waals surface area contributed by atoms with E-state index in [4.69, 9.17) is 5.84 Å². The molecular formula is C23H20F3N5O. The van der Waals surface area contributed by atoms with Gasteiger partial charge >= 0.3 is 6.18 Å². The average Bonchev–Trinajstić information content (AvgIpc) is 3.01. The Morgan fingerprint density at radius 1 is 1.03 bits per heavy atom. The predicted molar refractivity (Wildman–Crippen MR) is 115 cm³/mol. The van der Waals surface area contributed by atoms with E-state index >= 15 is 0 Å². The molecule has 3 N–H and O–H groups in total. The van der Waals surface area contributed by atoms with Gasteiger partial charge in [-0.3, -0.25) is 20.2 Å². The van der Waals surface area contributed by atoms with E-state index in [0.717, 1.165) is 49.1 Å². The van der Waals surface area contributed by atoms with Crippen LogP contribution in [0, 0.1) is 0 Å². The fourth-order valence-electron chi connectivity index (χ4n) is 4.15.